The molecule has 0 aliphatic carbocycles. The van der Waals surface area contributed by atoms with E-state index in [0.29, 0.717) is 30.5 Å². The monoisotopic (exact) mass is 395 g/mol. The summed E-state index contributed by atoms with van der Waals surface area (Å²) >= 11 is 1.20. The number of nitrogens with zero attached hydrogens (tertiary/aromatic N) is 3. The highest BCUT2D eigenvalue weighted by Gasteiger charge is 2.29. The number of rotatable bonds is 7. The van der Waals surface area contributed by atoms with E-state index in [0.717, 1.165) is 5.56 Å². The first-order chi connectivity index (χ1) is 12.4. The van der Waals surface area contributed by atoms with Gasteiger partial charge in [-0.05, 0) is 17.9 Å². The highest BCUT2D eigenvalue weighted by atomic mass is 32.2. The Labute approximate surface area is 157 Å². The van der Waals surface area contributed by atoms with Crippen molar-refractivity contribution in [1.29, 1.82) is 0 Å². The van der Waals surface area contributed by atoms with Crippen LogP contribution in [-0.2, 0) is 27.6 Å². The van der Waals surface area contributed by atoms with Gasteiger partial charge in [0.15, 0.2) is 9.84 Å². The average molecular weight is 396 g/mol. The van der Waals surface area contributed by atoms with Gasteiger partial charge in [-0.25, -0.2) is 8.42 Å². The smallest absolute Gasteiger partial charge is 0.277 e. The number of carbonyl (C=O) groups excluding carboxylic acids is 1. The molecule has 2 heterocycles. The standard InChI is InChI=1S/C17H21N3O4S2/c1-20(10-13-5-3-2-4-6-13)16(21)11-25-17-19-18-15(24-17)9-14-7-8-26(22,23)12-14/h2-6,14H,7-12H2,1H3/t14-/m1/s1. The zero-order valence-corrected chi connectivity index (χ0v) is 16.1. The van der Waals surface area contributed by atoms with Gasteiger partial charge in [-0.2, -0.15) is 0 Å². The molecular formula is C17H21N3O4S2. The van der Waals surface area contributed by atoms with Crippen LogP contribution in [0.3, 0.4) is 0 Å². The summed E-state index contributed by atoms with van der Waals surface area (Å²) in [6.45, 7) is 0.547. The van der Waals surface area contributed by atoms with Gasteiger partial charge in [0.25, 0.3) is 5.22 Å². The number of amides is 1. The van der Waals surface area contributed by atoms with E-state index in [4.69, 9.17) is 4.42 Å². The first-order valence-corrected chi connectivity index (χ1v) is 11.2. The van der Waals surface area contributed by atoms with Gasteiger partial charge in [0, 0.05) is 20.0 Å². The molecule has 1 fully saturated rings. The first kappa shape index (κ1) is 18.9. The molecule has 1 amide bonds. The zero-order valence-electron chi connectivity index (χ0n) is 14.5. The molecule has 1 aliphatic heterocycles. The molecule has 26 heavy (non-hydrogen) atoms. The maximum atomic E-state index is 12.2. The van der Waals surface area contributed by atoms with Gasteiger partial charge >= 0.3 is 0 Å². The molecule has 3 rings (SSSR count). The van der Waals surface area contributed by atoms with Crippen LogP contribution in [0, 0.1) is 5.92 Å². The predicted octanol–water partition coefficient (Wildman–Crippen LogP) is 1.80. The van der Waals surface area contributed by atoms with Crippen molar-refractivity contribution in [3.05, 3.63) is 41.8 Å². The maximum absolute atomic E-state index is 12.2. The fourth-order valence-electron chi connectivity index (χ4n) is 2.84. The highest BCUT2D eigenvalue weighted by Crippen LogP contribution is 2.24. The van der Waals surface area contributed by atoms with Crippen LogP contribution >= 0.6 is 11.8 Å². The summed E-state index contributed by atoms with van der Waals surface area (Å²) in [7, 11) is -1.15. The predicted molar refractivity (Wildman–Crippen MR) is 98.4 cm³/mol. The van der Waals surface area contributed by atoms with Gasteiger partial charge in [-0.3, -0.25) is 4.79 Å². The number of aromatic nitrogens is 2. The Morgan fingerprint density at radius 2 is 2.08 bits per heavy atom. The number of carbonyl (C=O) groups is 1. The Kier molecular flexibility index (Phi) is 5.98. The minimum absolute atomic E-state index is 0.0273. The average Bonchev–Trinajstić information content (AvgIpc) is 3.19. The molecular weight excluding hydrogens is 374 g/mol. The summed E-state index contributed by atoms with van der Waals surface area (Å²) in [5, 5.41) is 8.23. The van der Waals surface area contributed by atoms with Crippen molar-refractivity contribution in [2.24, 2.45) is 5.92 Å². The molecule has 2 aromatic rings. The number of hydrogen-bond donors (Lipinski definition) is 0. The highest BCUT2D eigenvalue weighted by molar-refractivity contribution is 7.99. The summed E-state index contributed by atoms with van der Waals surface area (Å²) in [4.78, 5) is 13.9. The molecule has 7 nitrogen and oxygen atoms in total. The molecule has 1 aromatic heterocycles. The Balaban J connectivity index is 1.46. The fourth-order valence-corrected chi connectivity index (χ4v) is 5.42. The Bertz CT molecular complexity index is 852. The van der Waals surface area contributed by atoms with Gasteiger partial charge in [0.2, 0.25) is 11.8 Å². The molecule has 1 aliphatic rings. The van der Waals surface area contributed by atoms with Crippen LogP contribution in [0.2, 0.25) is 0 Å². The van der Waals surface area contributed by atoms with Crippen LogP contribution in [0.4, 0.5) is 0 Å². The topological polar surface area (TPSA) is 93.4 Å². The minimum Gasteiger partial charge on any atom is -0.416 e. The summed E-state index contributed by atoms with van der Waals surface area (Å²) in [6, 6.07) is 9.78. The minimum atomic E-state index is -2.91. The largest absolute Gasteiger partial charge is 0.416 e. The number of hydrogen-bond acceptors (Lipinski definition) is 7. The Morgan fingerprint density at radius 1 is 1.31 bits per heavy atom. The van der Waals surface area contributed by atoms with Gasteiger partial charge in [-0.1, -0.05) is 42.1 Å². The third-order valence-electron chi connectivity index (χ3n) is 4.25. The van der Waals surface area contributed by atoms with Gasteiger partial charge in [-0.15, -0.1) is 10.2 Å². The van der Waals surface area contributed by atoms with Crippen LogP contribution in [0.25, 0.3) is 0 Å². The molecule has 1 atom stereocenters. The second-order valence-corrected chi connectivity index (χ2v) is 9.61. The number of benzene rings is 1. The maximum Gasteiger partial charge on any atom is 0.277 e. The number of sulfone groups is 1. The second kappa shape index (κ2) is 8.22. The van der Waals surface area contributed by atoms with Crippen molar-refractivity contribution >= 4 is 27.5 Å². The van der Waals surface area contributed by atoms with Crippen molar-refractivity contribution in [2.45, 2.75) is 24.6 Å². The van der Waals surface area contributed by atoms with Crippen molar-refractivity contribution in [3.8, 4) is 0 Å². The van der Waals surface area contributed by atoms with E-state index in [-0.39, 0.29) is 29.1 Å². The quantitative estimate of drug-likeness (QED) is 0.660. The second-order valence-electron chi connectivity index (χ2n) is 6.46. The van der Waals surface area contributed by atoms with Crippen LogP contribution in [-0.4, -0.2) is 53.7 Å². The molecule has 0 N–H and O–H groups in total. The fraction of sp³-hybridized carbons (Fsp3) is 0.471. The molecule has 0 bridgehead atoms. The SMILES string of the molecule is CN(Cc1ccccc1)C(=O)CSc1nnc(C[C@H]2CCS(=O)(=O)C2)o1. The van der Waals surface area contributed by atoms with Crippen molar-refractivity contribution < 1.29 is 17.6 Å². The number of thioether (sulfide) groups is 1. The van der Waals surface area contributed by atoms with E-state index < -0.39 is 9.84 Å². The lowest BCUT2D eigenvalue weighted by Crippen LogP contribution is -2.27. The lowest BCUT2D eigenvalue weighted by Gasteiger charge is -2.16. The summed E-state index contributed by atoms with van der Waals surface area (Å²) in [5.41, 5.74) is 1.07. The lowest BCUT2D eigenvalue weighted by molar-refractivity contribution is -0.127. The molecule has 9 heteroatoms. The van der Waals surface area contributed by atoms with Crippen LogP contribution in [0.5, 0.6) is 0 Å². The molecule has 0 spiro atoms. The van der Waals surface area contributed by atoms with Crippen LogP contribution < -0.4 is 0 Å². The van der Waals surface area contributed by atoms with Gasteiger partial charge in [0.1, 0.15) is 0 Å². The molecule has 1 aromatic carbocycles. The van der Waals surface area contributed by atoms with E-state index in [2.05, 4.69) is 10.2 Å². The van der Waals surface area contributed by atoms with Crippen molar-refractivity contribution in [3.63, 3.8) is 0 Å². The van der Waals surface area contributed by atoms with Crippen LogP contribution in [0.15, 0.2) is 40.0 Å². The summed E-state index contributed by atoms with van der Waals surface area (Å²) in [6.07, 6.45) is 1.10. The van der Waals surface area contributed by atoms with Crippen LogP contribution in [0.1, 0.15) is 17.9 Å². The van der Waals surface area contributed by atoms with Gasteiger partial charge < -0.3 is 9.32 Å². The van der Waals surface area contributed by atoms with E-state index in [9.17, 15) is 13.2 Å². The third kappa shape index (κ3) is 5.31. The molecule has 140 valence electrons. The molecule has 1 saturated heterocycles. The Hall–Kier alpha value is -1.87. The molecule has 0 unspecified atom stereocenters. The first-order valence-electron chi connectivity index (χ1n) is 8.35. The van der Waals surface area contributed by atoms with Crippen molar-refractivity contribution in [1.82, 2.24) is 15.1 Å². The summed E-state index contributed by atoms with van der Waals surface area (Å²) in [5.74, 6) is 1.07. The van der Waals surface area contributed by atoms with E-state index >= 15 is 0 Å². The molecule has 0 radical (unpaired) electrons. The normalized spacial score (nSPS) is 18.7. The van der Waals surface area contributed by atoms with E-state index in [1.165, 1.54) is 11.8 Å². The summed E-state index contributed by atoms with van der Waals surface area (Å²) < 4.78 is 28.5. The van der Waals surface area contributed by atoms with E-state index in [1.54, 1.807) is 11.9 Å². The van der Waals surface area contributed by atoms with Gasteiger partial charge in [0.05, 0.1) is 17.3 Å². The zero-order chi connectivity index (χ0) is 18.6. The Morgan fingerprint density at radius 3 is 2.77 bits per heavy atom. The van der Waals surface area contributed by atoms with Crippen molar-refractivity contribution in [2.75, 3.05) is 24.3 Å². The third-order valence-corrected chi connectivity index (χ3v) is 6.89. The lowest BCUT2D eigenvalue weighted by atomic mass is 10.1. The van der Waals surface area contributed by atoms with E-state index in [1.807, 2.05) is 30.3 Å². The molecule has 0 saturated carbocycles.